The van der Waals surface area contributed by atoms with Crippen LogP contribution in [0.25, 0.3) is 0 Å². The molecule has 2 atom stereocenters. The Morgan fingerprint density at radius 2 is 2.11 bits per heavy atom. The van der Waals surface area contributed by atoms with Crippen LogP contribution in [0.1, 0.15) is 25.6 Å². The molecule has 1 amide bonds. The number of amides is 1. The molecule has 104 valence electrons. The first-order valence-electron chi connectivity index (χ1n) is 6.40. The van der Waals surface area contributed by atoms with E-state index < -0.39 is 17.3 Å². The number of carbonyl (C=O) groups excluding carboxylic acids is 1. The number of aliphatic carboxylic acids is 1. The van der Waals surface area contributed by atoms with Gasteiger partial charge in [-0.1, -0.05) is 13.0 Å². The van der Waals surface area contributed by atoms with Gasteiger partial charge in [-0.25, -0.2) is 0 Å². The highest BCUT2D eigenvalue weighted by Crippen LogP contribution is 2.33. The summed E-state index contributed by atoms with van der Waals surface area (Å²) in [7, 11) is 0. The van der Waals surface area contributed by atoms with Crippen LogP contribution in [-0.2, 0) is 15.0 Å². The standard InChI is InChI=1S/C14H19NO3S/c1-9-7-15(8-10(9)12(16)17)13(18)14(2,3)11-5-4-6-19-11/h4-6,9-10H,7-8H2,1-3H3,(H,16,17)/t9-,10-/m1/s1. The number of thiophene rings is 1. The molecule has 1 aliphatic heterocycles. The third-order valence-electron chi connectivity index (χ3n) is 3.89. The van der Waals surface area contributed by atoms with Crippen LogP contribution >= 0.6 is 11.3 Å². The Morgan fingerprint density at radius 3 is 2.58 bits per heavy atom. The molecule has 1 aromatic heterocycles. The van der Waals surface area contributed by atoms with Crippen LogP contribution in [0.15, 0.2) is 17.5 Å². The summed E-state index contributed by atoms with van der Waals surface area (Å²) in [6, 6.07) is 3.89. The lowest BCUT2D eigenvalue weighted by Crippen LogP contribution is -2.42. The summed E-state index contributed by atoms with van der Waals surface area (Å²) in [5.74, 6) is -1.22. The lowest BCUT2D eigenvalue weighted by molar-refractivity contribution is -0.142. The second-order valence-electron chi connectivity index (χ2n) is 5.73. The van der Waals surface area contributed by atoms with Crippen molar-refractivity contribution in [2.75, 3.05) is 13.1 Å². The average Bonchev–Trinajstić information content (AvgIpc) is 2.96. The van der Waals surface area contributed by atoms with E-state index in [9.17, 15) is 9.59 Å². The number of rotatable bonds is 3. The molecule has 1 aliphatic rings. The normalized spacial score (nSPS) is 23.6. The van der Waals surface area contributed by atoms with E-state index in [1.165, 1.54) is 0 Å². The lowest BCUT2D eigenvalue weighted by atomic mass is 9.89. The van der Waals surface area contributed by atoms with Crippen LogP contribution in [0.4, 0.5) is 0 Å². The number of carbonyl (C=O) groups is 2. The maximum atomic E-state index is 12.6. The van der Waals surface area contributed by atoms with Crippen LogP contribution in [-0.4, -0.2) is 35.0 Å². The molecule has 2 rings (SSSR count). The highest BCUT2D eigenvalue weighted by molar-refractivity contribution is 7.10. The zero-order chi connectivity index (χ0) is 14.2. The van der Waals surface area contributed by atoms with Gasteiger partial charge < -0.3 is 10.0 Å². The average molecular weight is 281 g/mol. The minimum Gasteiger partial charge on any atom is -0.481 e. The van der Waals surface area contributed by atoms with Crippen molar-refractivity contribution in [1.29, 1.82) is 0 Å². The molecule has 0 spiro atoms. The molecule has 2 heterocycles. The van der Waals surface area contributed by atoms with Crippen molar-refractivity contribution in [2.45, 2.75) is 26.2 Å². The van der Waals surface area contributed by atoms with Gasteiger partial charge in [-0.2, -0.15) is 0 Å². The molecule has 0 saturated carbocycles. The number of likely N-dealkylation sites (tertiary alicyclic amines) is 1. The molecule has 1 saturated heterocycles. The second kappa shape index (κ2) is 4.96. The summed E-state index contributed by atoms with van der Waals surface area (Å²) in [6.45, 7) is 6.55. The van der Waals surface area contributed by atoms with E-state index in [4.69, 9.17) is 5.11 Å². The fourth-order valence-electron chi connectivity index (χ4n) is 2.59. The summed E-state index contributed by atoms with van der Waals surface area (Å²) < 4.78 is 0. The van der Waals surface area contributed by atoms with Gasteiger partial charge in [-0.3, -0.25) is 9.59 Å². The van der Waals surface area contributed by atoms with Crippen molar-refractivity contribution in [3.63, 3.8) is 0 Å². The molecule has 1 fully saturated rings. The van der Waals surface area contributed by atoms with Gasteiger partial charge in [0.25, 0.3) is 0 Å². The van der Waals surface area contributed by atoms with Gasteiger partial charge in [0.15, 0.2) is 0 Å². The maximum absolute atomic E-state index is 12.6. The predicted octanol–water partition coefficient (Wildman–Crippen LogP) is 2.20. The zero-order valence-electron chi connectivity index (χ0n) is 11.4. The first kappa shape index (κ1) is 14.1. The smallest absolute Gasteiger partial charge is 0.308 e. The van der Waals surface area contributed by atoms with Crippen LogP contribution in [0, 0.1) is 11.8 Å². The highest BCUT2D eigenvalue weighted by atomic mass is 32.1. The monoisotopic (exact) mass is 281 g/mol. The SMILES string of the molecule is C[C@@H]1CN(C(=O)C(C)(C)c2cccs2)C[C@H]1C(=O)O. The van der Waals surface area contributed by atoms with Crippen molar-refractivity contribution >= 4 is 23.2 Å². The Labute approximate surface area is 117 Å². The Balaban J connectivity index is 2.15. The minimum absolute atomic E-state index is 0.0144. The number of hydrogen-bond acceptors (Lipinski definition) is 3. The Hall–Kier alpha value is -1.36. The number of carboxylic acid groups (broad SMARTS) is 1. The third kappa shape index (κ3) is 2.52. The Kier molecular flexibility index (Phi) is 3.67. The topological polar surface area (TPSA) is 57.6 Å². The molecule has 0 unspecified atom stereocenters. The first-order chi connectivity index (χ1) is 8.84. The van der Waals surface area contributed by atoms with Crippen molar-refractivity contribution in [3.05, 3.63) is 22.4 Å². The molecule has 0 bridgehead atoms. The zero-order valence-corrected chi connectivity index (χ0v) is 12.2. The van der Waals surface area contributed by atoms with Crippen molar-refractivity contribution in [1.82, 2.24) is 4.90 Å². The van der Waals surface area contributed by atoms with Crippen LogP contribution in [0.2, 0.25) is 0 Å². The van der Waals surface area contributed by atoms with Crippen molar-refractivity contribution in [3.8, 4) is 0 Å². The fraction of sp³-hybridized carbons (Fsp3) is 0.571. The van der Waals surface area contributed by atoms with Gasteiger partial charge in [0.05, 0.1) is 11.3 Å². The number of nitrogens with zero attached hydrogens (tertiary/aromatic N) is 1. The number of carboxylic acids is 1. The summed E-state index contributed by atoms with van der Waals surface area (Å²) in [5.41, 5.74) is -0.582. The molecule has 1 aromatic rings. The summed E-state index contributed by atoms with van der Waals surface area (Å²) in [4.78, 5) is 26.5. The van der Waals surface area contributed by atoms with E-state index in [1.54, 1.807) is 16.2 Å². The second-order valence-corrected chi connectivity index (χ2v) is 6.68. The van der Waals surface area contributed by atoms with Gasteiger partial charge in [0.2, 0.25) is 5.91 Å². The van der Waals surface area contributed by atoms with Crippen LogP contribution in [0.3, 0.4) is 0 Å². The van der Waals surface area contributed by atoms with E-state index in [0.29, 0.717) is 13.1 Å². The largest absolute Gasteiger partial charge is 0.481 e. The quantitative estimate of drug-likeness (QED) is 0.924. The molecule has 0 aromatic carbocycles. The van der Waals surface area contributed by atoms with Gasteiger partial charge in [0.1, 0.15) is 0 Å². The predicted molar refractivity (Wildman–Crippen MR) is 74.2 cm³/mol. The molecule has 5 heteroatoms. The highest BCUT2D eigenvalue weighted by Gasteiger charge is 2.42. The molecule has 4 nitrogen and oxygen atoms in total. The van der Waals surface area contributed by atoms with Gasteiger partial charge in [-0.05, 0) is 31.2 Å². The van der Waals surface area contributed by atoms with Crippen LogP contribution < -0.4 is 0 Å². The minimum atomic E-state index is -0.809. The summed E-state index contributed by atoms with van der Waals surface area (Å²) in [5, 5.41) is 11.1. The van der Waals surface area contributed by atoms with E-state index in [1.807, 2.05) is 38.3 Å². The van der Waals surface area contributed by atoms with E-state index in [-0.39, 0.29) is 11.8 Å². The molecular formula is C14H19NO3S. The summed E-state index contributed by atoms with van der Waals surface area (Å²) in [6.07, 6.45) is 0. The van der Waals surface area contributed by atoms with Crippen molar-refractivity contribution in [2.24, 2.45) is 11.8 Å². The number of hydrogen-bond donors (Lipinski definition) is 1. The molecular weight excluding hydrogens is 262 g/mol. The molecule has 1 N–H and O–H groups in total. The van der Waals surface area contributed by atoms with Gasteiger partial charge in [0, 0.05) is 18.0 Å². The van der Waals surface area contributed by atoms with Gasteiger partial charge in [-0.15, -0.1) is 11.3 Å². The summed E-state index contributed by atoms with van der Waals surface area (Å²) >= 11 is 1.56. The van der Waals surface area contributed by atoms with Crippen molar-refractivity contribution < 1.29 is 14.7 Å². The van der Waals surface area contributed by atoms with E-state index >= 15 is 0 Å². The Bertz CT molecular complexity index is 481. The molecule has 0 radical (unpaired) electrons. The first-order valence-corrected chi connectivity index (χ1v) is 7.28. The molecule has 19 heavy (non-hydrogen) atoms. The van der Waals surface area contributed by atoms with E-state index in [0.717, 1.165) is 4.88 Å². The van der Waals surface area contributed by atoms with E-state index in [2.05, 4.69) is 0 Å². The maximum Gasteiger partial charge on any atom is 0.308 e. The molecule has 0 aliphatic carbocycles. The third-order valence-corrected chi connectivity index (χ3v) is 5.08. The van der Waals surface area contributed by atoms with Gasteiger partial charge >= 0.3 is 5.97 Å². The fourth-order valence-corrected chi connectivity index (χ4v) is 3.43. The van der Waals surface area contributed by atoms with Crippen LogP contribution in [0.5, 0.6) is 0 Å². The lowest BCUT2D eigenvalue weighted by Gasteiger charge is -2.28. The Morgan fingerprint density at radius 1 is 1.42 bits per heavy atom.